The van der Waals surface area contributed by atoms with Crippen molar-refractivity contribution in [3.05, 3.63) is 18.2 Å². The third-order valence-electron chi connectivity index (χ3n) is 4.56. The Morgan fingerprint density at radius 2 is 2.19 bits per heavy atom. The minimum atomic E-state index is -0.0129. The zero-order chi connectivity index (χ0) is 14.9. The fourth-order valence-electron chi connectivity index (χ4n) is 3.10. The van der Waals surface area contributed by atoms with Crippen LogP contribution in [-0.2, 0) is 4.74 Å². The average Bonchev–Trinajstić information content (AvgIpc) is 2.91. The minimum Gasteiger partial charge on any atom is -0.423 e. The van der Waals surface area contributed by atoms with Gasteiger partial charge in [-0.05, 0) is 37.8 Å². The summed E-state index contributed by atoms with van der Waals surface area (Å²) in [7, 11) is 0. The molecule has 0 aliphatic carbocycles. The van der Waals surface area contributed by atoms with Crippen LogP contribution in [0.25, 0.3) is 11.1 Å². The molecule has 1 saturated heterocycles. The molecular weight excluding hydrogens is 266 g/mol. The Kier molecular flexibility index (Phi) is 3.76. The largest absolute Gasteiger partial charge is 0.423 e. The van der Waals surface area contributed by atoms with Gasteiger partial charge in [-0.15, -0.1) is 0 Å². The first-order valence-electron chi connectivity index (χ1n) is 7.71. The Balaban J connectivity index is 1.77. The van der Waals surface area contributed by atoms with Crippen LogP contribution in [0, 0.1) is 0 Å². The van der Waals surface area contributed by atoms with E-state index < -0.39 is 0 Å². The predicted octanol–water partition coefficient (Wildman–Crippen LogP) is 3.56. The van der Waals surface area contributed by atoms with E-state index in [-0.39, 0.29) is 5.60 Å². The number of hydrogen-bond acceptors (Lipinski definition) is 5. The number of hydrogen-bond donors (Lipinski definition) is 2. The summed E-state index contributed by atoms with van der Waals surface area (Å²) in [4.78, 5) is 4.46. The monoisotopic (exact) mass is 289 g/mol. The van der Waals surface area contributed by atoms with Crippen LogP contribution in [0.2, 0.25) is 0 Å². The summed E-state index contributed by atoms with van der Waals surface area (Å²) >= 11 is 0. The second kappa shape index (κ2) is 5.56. The van der Waals surface area contributed by atoms with Gasteiger partial charge < -0.3 is 20.2 Å². The topological polar surface area (TPSA) is 73.3 Å². The summed E-state index contributed by atoms with van der Waals surface area (Å²) in [6.07, 6.45) is 4.01. The molecule has 5 nitrogen and oxygen atoms in total. The highest BCUT2D eigenvalue weighted by atomic mass is 16.5. The van der Waals surface area contributed by atoms with Gasteiger partial charge in [0, 0.05) is 12.6 Å². The lowest BCUT2D eigenvalue weighted by Gasteiger charge is -2.40. The van der Waals surface area contributed by atoms with Gasteiger partial charge in [-0.1, -0.05) is 19.9 Å². The number of nitrogens with zero attached hydrogens (tertiary/aromatic N) is 1. The summed E-state index contributed by atoms with van der Waals surface area (Å²) in [5, 5.41) is 3.41. The maximum Gasteiger partial charge on any atom is 0.295 e. The molecule has 0 radical (unpaired) electrons. The van der Waals surface area contributed by atoms with Gasteiger partial charge in [0.05, 0.1) is 11.3 Å². The lowest BCUT2D eigenvalue weighted by Crippen LogP contribution is -2.43. The third-order valence-corrected chi connectivity index (χ3v) is 4.56. The van der Waals surface area contributed by atoms with Crippen LogP contribution >= 0.6 is 0 Å². The molecule has 1 unspecified atom stereocenters. The second-order valence-electron chi connectivity index (χ2n) is 5.79. The quantitative estimate of drug-likeness (QED) is 0.842. The number of nitrogens with one attached hydrogen (secondary N) is 1. The minimum absolute atomic E-state index is 0.0129. The highest BCUT2D eigenvalue weighted by Gasteiger charge is 2.34. The van der Waals surface area contributed by atoms with Crippen LogP contribution in [-0.4, -0.2) is 23.2 Å². The maximum atomic E-state index is 6.00. The molecule has 3 rings (SSSR count). The second-order valence-corrected chi connectivity index (χ2v) is 5.79. The third kappa shape index (κ3) is 2.70. The van der Waals surface area contributed by atoms with Gasteiger partial charge in [0.2, 0.25) is 0 Å². The van der Waals surface area contributed by atoms with Crippen molar-refractivity contribution in [2.24, 2.45) is 0 Å². The van der Waals surface area contributed by atoms with E-state index in [2.05, 4.69) is 24.1 Å². The Bertz CT molecular complexity index is 619. The molecule has 5 heteroatoms. The smallest absolute Gasteiger partial charge is 0.295 e. The standard InChI is InChI=1S/C16H23N3O2/c1-3-16(4-2)10-11(8-9-20-16)18-15-19-14-12(17)6-5-7-13(14)21-15/h5-7,11H,3-4,8-10,17H2,1-2H3,(H,18,19). The molecule has 1 aromatic carbocycles. The van der Waals surface area contributed by atoms with Crippen LogP contribution in [0.3, 0.4) is 0 Å². The number of oxazole rings is 1. The predicted molar refractivity (Wildman–Crippen MR) is 84.3 cm³/mol. The molecule has 0 amide bonds. The van der Waals surface area contributed by atoms with Gasteiger partial charge in [0.25, 0.3) is 6.01 Å². The van der Waals surface area contributed by atoms with E-state index in [0.29, 0.717) is 17.7 Å². The molecule has 3 N–H and O–H groups in total. The highest BCUT2D eigenvalue weighted by molar-refractivity contribution is 5.86. The number of para-hydroxylation sites is 1. The number of fused-ring (bicyclic) bond motifs is 1. The number of ether oxygens (including phenoxy) is 1. The van der Waals surface area contributed by atoms with Crippen molar-refractivity contribution in [1.82, 2.24) is 4.98 Å². The van der Waals surface area contributed by atoms with E-state index in [4.69, 9.17) is 14.9 Å². The molecule has 1 aromatic heterocycles. The maximum absolute atomic E-state index is 6.00. The number of anilines is 2. The van der Waals surface area contributed by atoms with Crippen molar-refractivity contribution < 1.29 is 9.15 Å². The Morgan fingerprint density at radius 3 is 2.90 bits per heavy atom. The van der Waals surface area contributed by atoms with E-state index in [0.717, 1.165) is 43.4 Å². The average molecular weight is 289 g/mol. The number of nitrogen functional groups attached to an aromatic ring is 1. The lowest BCUT2D eigenvalue weighted by molar-refractivity contribution is -0.0866. The fourth-order valence-corrected chi connectivity index (χ4v) is 3.10. The lowest BCUT2D eigenvalue weighted by atomic mass is 9.86. The summed E-state index contributed by atoms with van der Waals surface area (Å²) in [6.45, 7) is 5.15. The van der Waals surface area contributed by atoms with Gasteiger partial charge in [-0.25, -0.2) is 0 Å². The molecule has 1 aliphatic rings. The van der Waals surface area contributed by atoms with Crippen LogP contribution in [0.4, 0.5) is 11.7 Å². The van der Waals surface area contributed by atoms with Gasteiger partial charge >= 0.3 is 0 Å². The van der Waals surface area contributed by atoms with E-state index in [1.54, 1.807) is 0 Å². The molecule has 0 saturated carbocycles. The van der Waals surface area contributed by atoms with Gasteiger partial charge in [-0.2, -0.15) is 4.98 Å². The Hall–Kier alpha value is -1.75. The van der Waals surface area contributed by atoms with Crippen LogP contribution in [0.5, 0.6) is 0 Å². The molecule has 2 heterocycles. The number of rotatable bonds is 4. The van der Waals surface area contributed by atoms with Gasteiger partial charge in [0.1, 0.15) is 5.52 Å². The summed E-state index contributed by atoms with van der Waals surface area (Å²) in [6, 6.07) is 6.47. The van der Waals surface area contributed by atoms with E-state index in [1.165, 1.54) is 0 Å². The molecule has 1 atom stereocenters. The zero-order valence-corrected chi connectivity index (χ0v) is 12.7. The van der Waals surface area contributed by atoms with Crippen molar-refractivity contribution in [3.8, 4) is 0 Å². The fraction of sp³-hybridized carbons (Fsp3) is 0.562. The first-order valence-corrected chi connectivity index (χ1v) is 7.71. The van der Waals surface area contributed by atoms with E-state index >= 15 is 0 Å². The van der Waals surface area contributed by atoms with Crippen molar-refractivity contribution in [3.63, 3.8) is 0 Å². The molecule has 0 bridgehead atoms. The summed E-state index contributed by atoms with van der Waals surface area (Å²) < 4.78 is 11.7. The van der Waals surface area contributed by atoms with Crippen molar-refractivity contribution in [2.75, 3.05) is 17.7 Å². The van der Waals surface area contributed by atoms with E-state index in [9.17, 15) is 0 Å². The Morgan fingerprint density at radius 1 is 1.38 bits per heavy atom. The first-order chi connectivity index (χ1) is 10.2. The molecule has 114 valence electrons. The number of benzene rings is 1. The molecule has 1 fully saturated rings. The highest BCUT2D eigenvalue weighted by Crippen LogP contribution is 2.33. The molecule has 1 aliphatic heterocycles. The summed E-state index contributed by atoms with van der Waals surface area (Å²) in [5.74, 6) is 0. The Labute approximate surface area is 124 Å². The zero-order valence-electron chi connectivity index (χ0n) is 12.7. The van der Waals surface area contributed by atoms with Crippen molar-refractivity contribution in [2.45, 2.75) is 51.2 Å². The molecule has 21 heavy (non-hydrogen) atoms. The normalized spacial score (nSPS) is 21.5. The first kappa shape index (κ1) is 14.2. The molecular formula is C16H23N3O2. The van der Waals surface area contributed by atoms with Crippen molar-refractivity contribution in [1.29, 1.82) is 0 Å². The molecule has 2 aromatic rings. The van der Waals surface area contributed by atoms with E-state index in [1.807, 2.05) is 18.2 Å². The molecule has 0 spiro atoms. The van der Waals surface area contributed by atoms with Crippen LogP contribution in [0.15, 0.2) is 22.6 Å². The van der Waals surface area contributed by atoms with Gasteiger partial charge in [0.15, 0.2) is 5.58 Å². The SMILES string of the molecule is CCC1(CC)CC(Nc2nc3c(N)cccc3o2)CCO1. The number of aromatic nitrogens is 1. The van der Waals surface area contributed by atoms with Crippen LogP contribution in [0.1, 0.15) is 39.5 Å². The van der Waals surface area contributed by atoms with Gasteiger partial charge in [-0.3, -0.25) is 0 Å². The van der Waals surface area contributed by atoms with Crippen molar-refractivity contribution >= 4 is 22.8 Å². The van der Waals surface area contributed by atoms with Crippen LogP contribution < -0.4 is 11.1 Å². The number of nitrogens with two attached hydrogens (primary N) is 1. The summed E-state index contributed by atoms with van der Waals surface area (Å²) in [5.41, 5.74) is 8.00.